The molecule has 121 valence electrons. The maximum Gasteiger partial charge on any atom is 3.00 e. The molecule has 0 amide bonds. The van der Waals surface area contributed by atoms with Gasteiger partial charge in [-0.1, -0.05) is 69.2 Å². The molecular weight excluding hydrogens is 402 g/mol. The third kappa shape index (κ3) is 4.65. The fourth-order valence-corrected chi connectivity index (χ4v) is 3.12. The minimum atomic E-state index is 0. The van der Waals surface area contributed by atoms with Crippen molar-refractivity contribution in [2.24, 2.45) is 17.8 Å². The van der Waals surface area contributed by atoms with E-state index in [2.05, 4.69) is 76.2 Å². The van der Waals surface area contributed by atoms with Gasteiger partial charge in [-0.15, -0.1) is 34.5 Å². The minimum Gasteiger partial charge on any atom is -1.00 e. The first-order chi connectivity index (χ1) is 9.56. The molecule has 1 radical (unpaired) electrons. The SMILES string of the molecule is CC(C)C1=CC(C(C)C)C(c2cc3ccccc3[cH-]2)=C1.[Cl-].[Cl-].[Zr+3]. The van der Waals surface area contributed by atoms with E-state index in [1.165, 1.54) is 27.5 Å². The monoisotopic (exact) mass is 423 g/mol. The van der Waals surface area contributed by atoms with Crippen molar-refractivity contribution in [1.29, 1.82) is 0 Å². The summed E-state index contributed by atoms with van der Waals surface area (Å²) in [5.41, 5.74) is 4.39. The van der Waals surface area contributed by atoms with Gasteiger partial charge < -0.3 is 24.8 Å². The number of halogens is 2. The maximum atomic E-state index is 2.47. The molecule has 0 N–H and O–H groups in total. The van der Waals surface area contributed by atoms with E-state index in [-0.39, 0.29) is 51.0 Å². The van der Waals surface area contributed by atoms with Crippen LogP contribution in [0, 0.1) is 17.8 Å². The number of hydrogen-bond acceptors (Lipinski definition) is 0. The van der Waals surface area contributed by atoms with E-state index in [1.807, 2.05) is 0 Å². The van der Waals surface area contributed by atoms with Crippen LogP contribution in [0.25, 0.3) is 16.3 Å². The molecule has 0 saturated carbocycles. The molecule has 0 heterocycles. The second-order valence-corrected chi connectivity index (χ2v) is 6.56. The first-order valence-corrected chi connectivity index (χ1v) is 7.65. The first kappa shape index (κ1) is 22.8. The summed E-state index contributed by atoms with van der Waals surface area (Å²) in [7, 11) is 0. The Labute approximate surface area is 171 Å². The van der Waals surface area contributed by atoms with Crippen LogP contribution in [0.5, 0.6) is 0 Å². The molecule has 0 nitrogen and oxygen atoms in total. The van der Waals surface area contributed by atoms with Crippen molar-refractivity contribution >= 4 is 16.3 Å². The van der Waals surface area contributed by atoms with Gasteiger partial charge in [-0.3, -0.25) is 0 Å². The molecule has 1 aliphatic rings. The van der Waals surface area contributed by atoms with Gasteiger partial charge >= 0.3 is 26.2 Å². The predicted octanol–water partition coefficient (Wildman–Crippen LogP) is -0.184. The Bertz CT molecular complexity index is 659. The molecule has 1 unspecified atom stereocenters. The summed E-state index contributed by atoms with van der Waals surface area (Å²) in [6.07, 6.45) is 4.89. The Morgan fingerprint density at radius 2 is 1.65 bits per heavy atom. The average molecular weight is 426 g/mol. The summed E-state index contributed by atoms with van der Waals surface area (Å²) in [5.74, 6) is 1.82. The van der Waals surface area contributed by atoms with Gasteiger partial charge in [0, 0.05) is 0 Å². The van der Waals surface area contributed by atoms with Gasteiger partial charge in [-0.2, -0.15) is 0 Å². The average Bonchev–Trinajstić information content (AvgIpc) is 3.02. The van der Waals surface area contributed by atoms with Crippen LogP contribution < -0.4 is 24.8 Å². The molecule has 1 aliphatic carbocycles. The van der Waals surface area contributed by atoms with Crippen LogP contribution in [-0.2, 0) is 26.2 Å². The molecule has 0 fully saturated rings. The summed E-state index contributed by atoms with van der Waals surface area (Å²) < 4.78 is 0. The number of benzene rings is 1. The van der Waals surface area contributed by atoms with Crippen molar-refractivity contribution in [3.63, 3.8) is 0 Å². The third-order valence-electron chi connectivity index (χ3n) is 4.39. The zero-order chi connectivity index (χ0) is 14.3. The summed E-state index contributed by atoms with van der Waals surface area (Å²) in [6.45, 7) is 9.20. The predicted molar refractivity (Wildman–Crippen MR) is 88.8 cm³/mol. The van der Waals surface area contributed by atoms with Crippen molar-refractivity contribution in [2.45, 2.75) is 27.7 Å². The molecule has 0 bridgehead atoms. The summed E-state index contributed by atoms with van der Waals surface area (Å²) in [5, 5.41) is 2.70. The van der Waals surface area contributed by atoms with Crippen molar-refractivity contribution in [3.8, 4) is 0 Å². The number of hydrogen-bond donors (Lipinski definition) is 0. The van der Waals surface area contributed by atoms with Gasteiger partial charge in [-0.25, -0.2) is 0 Å². The topological polar surface area (TPSA) is 0 Å². The van der Waals surface area contributed by atoms with E-state index < -0.39 is 0 Å². The van der Waals surface area contributed by atoms with Gasteiger partial charge in [0.15, 0.2) is 0 Å². The Balaban J connectivity index is 0.00000161. The van der Waals surface area contributed by atoms with Gasteiger partial charge in [0.25, 0.3) is 0 Å². The Hall–Kier alpha value is -0.227. The molecule has 23 heavy (non-hydrogen) atoms. The van der Waals surface area contributed by atoms with Crippen molar-refractivity contribution < 1.29 is 51.0 Å². The van der Waals surface area contributed by atoms with Crippen LogP contribution in [0.1, 0.15) is 33.3 Å². The molecule has 1 atom stereocenters. The third-order valence-corrected chi connectivity index (χ3v) is 4.39. The summed E-state index contributed by atoms with van der Waals surface area (Å²) >= 11 is 0. The summed E-state index contributed by atoms with van der Waals surface area (Å²) in [6, 6.07) is 13.3. The van der Waals surface area contributed by atoms with Crippen LogP contribution in [0.3, 0.4) is 0 Å². The number of allylic oxidation sites excluding steroid dienone is 4. The number of fused-ring (bicyclic) bond motifs is 1. The van der Waals surface area contributed by atoms with Gasteiger partial charge in [0.05, 0.1) is 0 Å². The molecule has 3 rings (SSSR count). The van der Waals surface area contributed by atoms with Crippen LogP contribution >= 0.6 is 0 Å². The van der Waals surface area contributed by atoms with Gasteiger partial charge in [0.1, 0.15) is 0 Å². The standard InChI is InChI=1S/C20H23.2ClH.Zr/c1-13(2)17-11-19(14(3)4)20(12-17)18-9-15-7-5-6-8-16(15)10-18;;;/h5-14,19H,1-4H3;2*1H;/q-1;;;+3/p-2. The largest absolute Gasteiger partial charge is 3.00 e. The Kier molecular flexibility index (Phi) is 9.22. The van der Waals surface area contributed by atoms with Crippen molar-refractivity contribution in [1.82, 2.24) is 0 Å². The molecule has 2 aromatic rings. The molecule has 0 aliphatic heterocycles. The molecular formula is C20H23Cl2Zr. The van der Waals surface area contributed by atoms with E-state index >= 15 is 0 Å². The maximum absolute atomic E-state index is 2.47. The number of rotatable bonds is 3. The van der Waals surface area contributed by atoms with Gasteiger partial charge in [0.2, 0.25) is 0 Å². The van der Waals surface area contributed by atoms with Gasteiger partial charge in [-0.05, 0) is 17.8 Å². The molecule has 0 spiro atoms. The van der Waals surface area contributed by atoms with Crippen LogP contribution in [0.15, 0.2) is 54.1 Å². The van der Waals surface area contributed by atoms with Crippen molar-refractivity contribution in [3.05, 3.63) is 59.7 Å². The Morgan fingerprint density at radius 3 is 2.22 bits per heavy atom. The smallest absolute Gasteiger partial charge is 1.00 e. The fraction of sp³-hybridized carbons (Fsp3) is 0.350. The van der Waals surface area contributed by atoms with Crippen LogP contribution in [0.4, 0.5) is 0 Å². The minimum absolute atomic E-state index is 0. The molecule has 0 aromatic heterocycles. The van der Waals surface area contributed by atoms with Crippen LogP contribution in [0.2, 0.25) is 0 Å². The van der Waals surface area contributed by atoms with E-state index in [0.29, 0.717) is 17.8 Å². The van der Waals surface area contributed by atoms with Crippen LogP contribution in [-0.4, -0.2) is 0 Å². The Morgan fingerprint density at radius 1 is 1.00 bits per heavy atom. The molecule has 3 heteroatoms. The van der Waals surface area contributed by atoms with E-state index in [4.69, 9.17) is 0 Å². The molecule has 0 saturated heterocycles. The normalized spacial score (nSPS) is 16.5. The van der Waals surface area contributed by atoms with E-state index in [0.717, 1.165) is 0 Å². The van der Waals surface area contributed by atoms with E-state index in [9.17, 15) is 0 Å². The first-order valence-electron chi connectivity index (χ1n) is 7.65. The zero-order valence-corrected chi connectivity index (χ0v) is 18.1. The second kappa shape index (κ2) is 9.31. The molecule has 2 aromatic carbocycles. The zero-order valence-electron chi connectivity index (χ0n) is 14.1. The quantitative estimate of drug-likeness (QED) is 0.599. The summed E-state index contributed by atoms with van der Waals surface area (Å²) in [4.78, 5) is 0. The van der Waals surface area contributed by atoms with Crippen molar-refractivity contribution in [2.75, 3.05) is 0 Å². The fourth-order valence-electron chi connectivity index (χ4n) is 3.12. The second-order valence-electron chi connectivity index (χ2n) is 6.56. The van der Waals surface area contributed by atoms with E-state index in [1.54, 1.807) is 0 Å².